The standard InChI is InChI=1S/C24H34N4O3S2/c29-24(23-22(10-19-32-23)33(30,31)28-13-5-2-6-14-28)25-11-7-12-26-15-17-27(18-16-26)20-21-8-3-1-4-9-21/h1,3-4,8-10,19H,2,5-7,11-18,20H2,(H,25,29). The summed E-state index contributed by atoms with van der Waals surface area (Å²) in [5.41, 5.74) is 1.35. The van der Waals surface area contributed by atoms with E-state index in [9.17, 15) is 13.2 Å². The molecule has 3 heterocycles. The molecule has 2 aliphatic rings. The number of nitrogens with one attached hydrogen (secondary N) is 1. The van der Waals surface area contributed by atoms with Gasteiger partial charge >= 0.3 is 0 Å². The summed E-state index contributed by atoms with van der Waals surface area (Å²) in [4.78, 5) is 18.1. The van der Waals surface area contributed by atoms with Crippen LogP contribution < -0.4 is 5.32 Å². The molecule has 0 bridgehead atoms. The summed E-state index contributed by atoms with van der Waals surface area (Å²) in [7, 11) is -3.60. The number of amides is 1. The minimum Gasteiger partial charge on any atom is -0.351 e. The molecule has 1 aromatic heterocycles. The Hall–Kier alpha value is -1.78. The molecule has 2 aliphatic heterocycles. The molecule has 0 aliphatic carbocycles. The minimum atomic E-state index is -3.60. The SMILES string of the molecule is O=C(NCCCN1CCN(Cc2ccccc2)CC1)c1sccc1S(=O)(=O)N1CCCCC1. The molecule has 0 radical (unpaired) electrons. The highest BCUT2D eigenvalue weighted by molar-refractivity contribution is 7.89. The molecule has 0 atom stereocenters. The highest BCUT2D eigenvalue weighted by Gasteiger charge is 2.30. The Morgan fingerprint density at radius 2 is 1.61 bits per heavy atom. The van der Waals surface area contributed by atoms with E-state index >= 15 is 0 Å². The number of nitrogens with zero attached hydrogens (tertiary/aromatic N) is 3. The molecule has 2 saturated heterocycles. The molecule has 1 amide bonds. The highest BCUT2D eigenvalue weighted by atomic mass is 32.2. The fourth-order valence-corrected chi connectivity index (χ4v) is 7.34. The van der Waals surface area contributed by atoms with Gasteiger partial charge in [0.2, 0.25) is 10.0 Å². The van der Waals surface area contributed by atoms with E-state index in [1.807, 2.05) is 6.07 Å². The van der Waals surface area contributed by atoms with Crippen molar-refractivity contribution in [2.75, 3.05) is 52.4 Å². The fourth-order valence-electron chi connectivity index (χ4n) is 4.51. The average Bonchev–Trinajstić information content (AvgIpc) is 3.35. The number of piperidine rings is 1. The van der Waals surface area contributed by atoms with Gasteiger partial charge in [-0.05, 0) is 42.8 Å². The van der Waals surface area contributed by atoms with Gasteiger partial charge in [0, 0.05) is 52.4 Å². The lowest BCUT2D eigenvalue weighted by Gasteiger charge is -2.34. The molecule has 1 N–H and O–H groups in total. The van der Waals surface area contributed by atoms with Crippen LogP contribution in [0.25, 0.3) is 0 Å². The first kappa shape index (κ1) is 24.3. The lowest BCUT2D eigenvalue weighted by Crippen LogP contribution is -2.46. The van der Waals surface area contributed by atoms with Crippen molar-refractivity contribution in [2.24, 2.45) is 0 Å². The van der Waals surface area contributed by atoms with E-state index in [2.05, 4.69) is 39.4 Å². The Kier molecular flexibility index (Phi) is 8.54. The third-order valence-corrected chi connectivity index (χ3v) is 9.40. The van der Waals surface area contributed by atoms with E-state index in [1.54, 1.807) is 11.4 Å². The summed E-state index contributed by atoms with van der Waals surface area (Å²) >= 11 is 1.20. The molecule has 2 aromatic rings. The van der Waals surface area contributed by atoms with Gasteiger partial charge in [0.05, 0.1) is 0 Å². The van der Waals surface area contributed by atoms with Crippen LogP contribution in [0.3, 0.4) is 0 Å². The molecule has 7 nitrogen and oxygen atoms in total. The van der Waals surface area contributed by atoms with Gasteiger partial charge in [-0.1, -0.05) is 36.8 Å². The number of hydrogen-bond acceptors (Lipinski definition) is 6. The van der Waals surface area contributed by atoms with E-state index in [1.165, 1.54) is 21.2 Å². The maximum Gasteiger partial charge on any atom is 0.262 e. The zero-order valence-corrected chi connectivity index (χ0v) is 20.7. The van der Waals surface area contributed by atoms with Gasteiger partial charge in [-0.15, -0.1) is 11.3 Å². The monoisotopic (exact) mass is 490 g/mol. The lowest BCUT2D eigenvalue weighted by atomic mass is 10.2. The van der Waals surface area contributed by atoms with Crippen LogP contribution in [0.2, 0.25) is 0 Å². The maximum absolute atomic E-state index is 13.0. The van der Waals surface area contributed by atoms with Crippen LogP contribution in [0, 0.1) is 0 Å². The average molecular weight is 491 g/mol. The largest absolute Gasteiger partial charge is 0.351 e. The van der Waals surface area contributed by atoms with Gasteiger partial charge in [0.1, 0.15) is 9.77 Å². The van der Waals surface area contributed by atoms with Crippen molar-refractivity contribution < 1.29 is 13.2 Å². The van der Waals surface area contributed by atoms with E-state index in [-0.39, 0.29) is 10.8 Å². The Morgan fingerprint density at radius 3 is 2.33 bits per heavy atom. The molecule has 9 heteroatoms. The Morgan fingerprint density at radius 1 is 0.909 bits per heavy atom. The highest BCUT2D eigenvalue weighted by Crippen LogP contribution is 2.27. The van der Waals surface area contributed by atoms with Crippen LogP contribution in [0.15, 0.2) is 46.7 Å². The third kappa shape index (κ3) is 6.42. The van der Waals surface area contributed by atoms with Crippen LogP contribution in [0.5, 0.6) is 0 Å². The number of thiophene rings is 1. The van der Waals surface area contributed by atoms with Gasteiger partial charge < -0.3 is 10.2 Å². The van der Waals surface area contributed by atoms with E-state index in [4.69, 9.17) is 0 Å². The second kappa shape index (κ2) is 11.6. The number of benzene rings is 1. The summed E-state index contributed by atoms with van der Waals surface area (Å²) < 4.78 is 27.5. The van der Waals surface area contributed by atoms with Crippen LogP contribution in [-0.2, 0) is 16.6 Å². The molecule has 0 saturated carbocycles. The number of hydrogen-bond donors (Lipinski definition) is 1. The van der Waals surface area contributed by atoms with Crippen molar-refractivity contribution in [3.05, 3.63) is 52.2 Å². The van der Waals surface area contributed by atoms with Gasteiger partial charge in [-0.2, -0.15) is 4.31 Å². The van der Waals surface area contributed by atoms with Crippen LogP contribution >= 0.6 is 11.3 Å². The van der Waals surface area contributed by atoms with Gasteiger partial charge in [-0.25, -0.2) is 8.42 Å². The number of carbonyl (C=O) groups excluding carboxylic acids is 1. The summed E-state index contributed by atoms with van der Waals surface area (Å²) in [5.74, 6) is -0.284. The zero-order chi connectivity index (χ0) is 23.1. The predicted molar refractivity (Wildman–Crippen MR) is 132 cm³/mol. The zero-order valence-electron chi connectivity index (χ0n) is 19.1. The molecular weight excluding hydrogens is 456 g/mol. The van der Waals surface area contributed by atoms with E-state index in [0.29, 0.717) is 24.5 Å². The normalized spacial score (nSPS) is 18.9. The Labute approximate surface area is 201 Å². The number of rotatable bonds is 9. The molecule has 33 heavy (non-hydrogen) atoms. The van der Waals surface area contributed by atoms with Gasteiger partial charge in [0.25, 0.3) is 5.91 Å². The molecule has 1 aromatic carbocycles. The quantitative estimate of drug-likeness (QED) is 0.547. The first-order valence-electron chi connectivity index (χ1n) is 11.9. The fraction of sp³-hybridized carbons (Fsp3) is 0.542. The van der Waals surface area contributed by atoms with Crippen molar-refractivity contribution >= 4 is 27.3 Å². The lowest BCUT2D eigenvalue weighted by molar-refractivity contribution is 0.0948. The van der Waals surface area contributed by atoms with Crippen molar-refractivity contribution in [3.63, 3.8) is 0 Å². The Balaban J connectivity index is 1.19. The smallest absolute Gasteiger partial charge is 0.262 e. The molecule has 2 fully saturated rings. The van der Waals surface area contributed by atoms with Gasteiger partial charge in [-0.3, -0.25) is 9.69 Å². The first-order chi connectivity index (χ1) is 16.0. The van der Waals surface area contributed by atoms with Crippen LogP contribution in [0.4, 0.5) is 0 Å². The molecule has 0 spiro atoms. The number of carbonyl (C=O) groups is 1. The molecule has 180 valence electrons. The molecular formula is C24H34N4O3S2. The van der Waals surface area contributed by atoms with Crippen LogP contribution in [0.1, 0.15) is 40.9 Å². The number of piperazine rings is 1. The van der Waals surface area contributed by atoms with E-state index < -0.39 is 10.0 Å². The van der Waals surface area contributed by atoms with Crippen molar-refractivity contribution in [1.82, 2.24) is 19.4 Å². The summed E-state index contributed by atoms with van der Waals surface area (Å²) in [6.07, 6.45) is 3.67. The maximum atomic E-state index is 13.0. The minimum absolute atomic E-state index is 0.154. The summed E-state index contributed by atoms with van der Waals surface area (Å²) in [6.45, 7) is 7.72. The topological polar surface area (TPSA) is 73.0 Å². The van der Waals surface area contributed by atoms with Crippen LogP contribution in [-0.4, -0.2) is 80.8 Å². The third-order valence-electron chi connectivity index (χ3n) is 6.42. The summed E-state index contributed by atoms with van der Waals surface area (Å²) in [5, 5.41) is 4.63. The molecule has 0 unspecified atom stereocenters. The van der Waals surface area contributed by atoms with Crippen molar-refractivity contribution in [1.29, 1.82) is 0 Å². The van der Waals surface area contributed by atoms with Crippen molar-refractivity contribution in [3.8, 4) is 0 Å². The van der Waals surface area contributed by atoms with E-state index in [0.717, 1.165) is 65.0 Å². The second-order valence-corrected chi connectivity index (χ2v) is 11.6. The molecule has 4 rings (SSSR count). The second-order valence-electron chi connectivity index (χ2n) is 8.79. The summed E-state index contributed by atoms with van der Waals surface area (Å²) in [6, 6.07) is 12.1. The predicted octanol–water partition coefficient (Wildman–Crippen LogP) is 2.86. The van der Waals surface area contributed by atoms with Crippen molar-refractivity contribution in [2.45, 2.75) is 37.1 Å². The first-order valence-corrected chi connectivity index (χ1v) is 14.2. The number of sulfonamides is 1. The Bertz CT molecular complexity index is 996. The van der Waals surface area contributed by atoms with Gasteiger partial charge in [0.15, 0.2) is 0 Å².